The number of methoxy groups -OCH3 is 1. The number of amides is 1. The number of carbonyl (C=O) groups excluding carboxylic acids is 2. The van der Waals surface area contributed by atoms with Crippen molar-refractivity contribution in [1.29, 1.82) is 0 Å². The van der Waals surface area contributed by atoms with Gasteiger partial charge in [-0.05, 0) is 27.2 Å². The summed E-state index contributed by atoms with van der Waals surface area (Å²) in [6.07, 6.45) is 0.339. The van der Waals surface area contributed by atoms with E-state index in [4.69, 9.17) is 9.47 Å². The fourth-order valence-corrected chi connectivity index (χ4v) is 2.60. The first-order valence-corrected chi connectivity index (χ1v) is 6.16. The molecule has 3 unspecified atom stereocenters. The summed E-state index contributed by atoms with van der Waals surface area (Å²) >= 11 is 0. The fraction of sp³-hybridized carbons (Fsp3) is 0.833. The van der Waals surface area contributed by atoms with E-state index < -0.39 is 17.7 Å². The minimum Gasteiger partial charge on any atom is -0.467 e. The molecule has 2 bridgehead atoms. The maximum Gasteiger partial charge on any atom is 0.411 e. The van der Waals surface area contributed by atoms with Gasteiger partial charge in [-0.3, -0.25) is 4.90 Å². The number of piperazine rings is 1. The largest absolute Gasteiger partial charge is 0.467 e. The van der Waals surface area contributed by atoms with E-state index in [1.165, 1.54) is 12.0 Å². The predicted octanol–water partition coefficient (Wildman–Crippen LogP) is 0.509. The van der Waals surface area contributed by atoms with E-state index in [0.29, 0.717) is 6.54 Å². The first-order valence-electron chi connectivity index (χ1n) is 6.16. The molecule has 0 radical (unpaired) electrons. The van der Waals surface area contributed by atoms with Crippen LogP contribution < -0.4 is 5.32 Å². The van der Waals surface area contributed by atoms with Gasteiger partial charge in [0.05, 0.1) is 13.2 Å². The monoisotopic (exact) mass is 256 g/mol. The zero-order chi connectivity index (χ0) is 13.5. The summed E-state index contributed by atoms with van der Waals surface area (Å²) in [6.45, 7) is 6.14. The van der Waals surface area contributed by atoms with E-state index in [1.807, 2.05) is 20.8 Å². The topological polar surface area (TPSA) is 67.9 Å². The average molecular weight is 256 g/mol. The highest BCUT2D eigenvalue weighted by Crippen LogP contribution is 2.31. The van der Waals surface area contributed by atoms with Crippen molar-refractivity contribution < 1.29 is 19.1 Å². The molecular formula is C12H20N2O4. The van der Waals surface area contributed by atoms with E-state index in [-0.39, 0.29) is 18.1 Å². The smallest absolute Gasteiger partial charge is 0.411 e. The molecule has 18 heavy (non-hydrogen) atoms. The molecule has 1 amide bonds. The second kappa shape index (κ2) is 4.42. The summed E-state index contributed by atoms with van der Waals surface area (Å²) in [7, 11) is 1.33. The Hall–Kier alpha value is -1.30. The lowest BCUT2D eigenvalue weighted by Gasteiger charge is -2.35. The lowest BCUT2D eigenvalue weighted by Crippen LogP contribution is -2.58. The number of carbonyl (C=O) groups is 2. The molecule has 6 nitrogen and oxygen atoms in total. The van der Waals surface area contributed by atoms with E-state index in [0.717, 1.165) is 6.42 Å². The Labute approximate surface area is 107 Å². The number of rotatable bonds is 1. The van der Waals surface area contributed by atoms with Gasteiger partial charge in [0.2, 0.25) is 0 Å². The lowest BCUT2D eigenvalue weighted by atomic mass is 10.1. The van der Waals surface area contributed by atoms with Crippen molar-refractivity contribution in [1.82, 2.24) is 10.2 Å². The number of hydrogen-bond acceptors (Lipinski definition) is 5. The van der Waals surface area contributed by atoms with Gasteiger partial charge in [0.1, 0.15) is 11.6 Å². The maximum absolute atomic E-state index is 12.1. The van der Waals surface area contributed by atoms with E-state index >= 15 is 0 Å². The molecule has 0 saturated carbocycles. The van der Waals surface area contributed by atoms with Crippen molar-refractivity contribution in [3.63, 3.8) is 0 Å². The van der Waals surface area contributed by atoms with Gasteiger partial charge in [-0.1, -0.05) is 0 Å². The zero-order valence-electron chi connectivity index (χ0n) is 11.2. The normalized spacial score (nSPS) is 30.4. The zero-order valence-corrected chi connectivity index (χ0v) is 11.2. The molecule has 2 aliphatic rings. The Morgan fingerprint density at radius 2 is 2.00 bits per heavy atom. The molecule has 102 valence electrons. The summed E-state index contributed by atoms with van der Waals surface area (Å²) in [5, 5.41) is 3.22. The number of hydrogen-bond donors (Lipinski definition) is 1. The van der Waals surface area contributed by atoms with Crippen LogP contribution in [0.1, 0.15) is 27.2 Å². The second-order valence-corrected chi connectivity index (χ2v) is 5.76. The highest BCUT2D eigenvalue weighted by atomic mass is 16.6. The first-order chi connectivity index (χ1) is 8.33. The predicted molar refractivity (Wildman–Crippen MR) is 64.1 cm³/mol. The van der Waals surface area contributed by atoms with Gasteiger partial charge in [0.25, 0.3) is 0 Å². The highest BCUT2D eigenvalue weighted by molar-refractivity contribution is 5.84. The summed E-state index contributed by atoms with van der Waals surface area (Å²) in [6, 6.07) is -0.562. The van der Waals surface area contributed by atoms with Crippen molar-refractivity contribution in [3.05, 3.63) is 0 Å². The van der Waals surface area contributed by atoms with Crippen LogP contribution in [0.4, 0.5) is 4.79 Å². The summed E-state index contributed by atoms with van der Waals surface area (Å²) in [5.41, 5.74) is -0.562. The minimum atomic E-state index is -0.566. The molecule has 2 saturated heterocycles. The molecule has 2 heterocycles. The Morgan fingerprint density at radius 1 is 1.33 bits per heavy atom. The van der Waals surface area contributed by atoms with Crippen molar-refractivity contribution in [2.45, 2.75) is 50.9 Å². The molecular weight excluding hydrogens is 236 g/mol. The number of nitrogens with one attached hydrogen (secondary N) is 1. The van der Waals surface area contributed by atoms with Crippen molar-refractivity contribution in [3.8, 4) is 0 Å². The molecule has 1 N–H and O–H groups in total. The van der Waals surface area contributed by atoms with Gasteiger partial charge in [0, 0.05) is 12.6 Å². The number of likely N-dealkylation sites (tertiary alicyclic amines) is 1. The standard InChI is InChI=1S/C12H20N2O4/c1-12(2,3)18-11(16)14-7-5-8(13-6-7)9(14)10(15)17-4/h7-9,13H,5-6H2,1-4H3. The maximum atomic E-state index is 12.1. The van der Waals surface area contributed by atoms with E-state index in [9.17, 15) is 9.59 Å². The number of fused-ring (bicyclic) bond motifs is 2. The van der Waals surface area contributed by atoms with Crippen LogP contribution in [-0.4, -0.2) is 54.3 Å². The van der Waals surface area contributed by atoms with Gasteiger partial charge >= 0.3 is 12.1 Å². The van der Waals surface area contributed by atoms with E-state index in [1.54, 1.807) is 0 Å². The van der Waals surface area contributed by atoms with Crippen LogP contribution in [0.15, 0.2) is 0 Å². The second-order valence-electron chi connectivity index (χ2n) is 5.76. The summed E-state index contributed by atoms with van der Waals surface area (Å²) in [5.74, 6) is -0.388. The number of nitrogens with zero attached hydrogens (tertiary/aromatic N) is 1. The Kier molecular flexibility index (Phi) is 3.23. The van der Waals surface area contributed by atoms with Crippen molar-refractivity contribution in [2.24, 2.45) is 0 Å². The van der Waals surface area contributed by atoms with Crippen molar-refractivity contribution in [2.75, 3.05) is 13.7 Å². The number of ether oxygens (including phenoxy) is 2. The van der Waals surface area contributed by atoms with Gasteiger partial charge in [-0.25, -0.2) is 9.59 Å². The molecule has 0 aromatic carbocycles. The quantitative estimate of drug-likeness (QED) is 0.692. The van der Waals surface area contributed by atoms with Crippen LogP contribution in [0.5, 0.6) is 0 Å². The van der Waals surface area contributed by atoms with Crippen LogP contribution in [0, 0.1) is 0 Å². The van der Waals surface area contributed by atoms with Crippen LogP contribution in [-0.2, 0) is 14.3 Å². The fourth-order valence-electron chi connectivity index (χ4n) is 2.60. The van der Waals surface area contributed by atoms with Gasteiger partial charge in [0.15, 0.2) is 0 Å². The van der Waals surface area contributed by atoms with Crippen LogP contribution in [0.2, 0.25) is 0 Å². The highest BCUT2D eigenvalue weighted by Gasteiger charge is 2.53. The molecule has 0 aliphatic carbocycles. The number of esters is 1. The minimum absolute atomic E-state index is 0.0185. The molecule has 3 atom stereocenters. The molecule has 0 aromatic heterocycles. The van der Waals surface area contributed by atoms with Crippen molar-refractivity contribution >= 4 is 12.1 Å². The lowest BCUT2D eigenvalue weighted by molar-refractivity contribution is -0.147. The average Bonchev–Trinajstić information content (AvgIpc) is 2.84. The van der Waals surface area contributed by atoms with Crippen LogP contribution in [0.3, 0.4) is 0 Å². The van der Waals surface area contributed by atoms with Gasteiger partial charge in [-0.2, -0.15) is 0 Å². The van der Waals surface area contributed by atoms with Crippen LogP contribution >= 0.6 is 0 Å². The third-order valence-corrected chi connectivity index (χ3v) is 3.26. The molecule has 0 aromatic rings. The molecule has 2 fully saturated rings. The third-order valence-electron chi connectivity index (χ3n) is 3.26. The Bertz CT molecular complexity index is 364. The summed E-state index contributed by atoms with van der Waals surface area (Å²) in [4.78, 5) is 25.4. The van der Waals surface area contributed by atoms with Gasteiger partial charge in [-0.15, -0.1) is 0 Å². The third kappa shape index (κ3) is 2.29. The molecule has 2 rings (SSSR count). The Balaban J connectivity index is 2.14. The first kappa shape index (κ1) is 13.1. The van der Waals surface area contributed by atoms with Crippen LogP contribution in [0.25, 0.3) is 0 Å². The molecule has 2 aliphatic heterocycles. The van der Waals surface area contributed by atoms with E-state index in [2.05, 4.69) is 5.32 Å². The SMILES string of the molecule is COC(=O)C1C2CC(CN2)N1C(=O)OC(C)(C)C. The summed E-state index contributed by atoms with van der Waals surface area (Å²) < 4.78 is 10.1. The van der Waals surface area contributed by atoms with Gasteiger partial charge < -0.3 is 14.8 Å². The molecule has 0 spiro atoms. The molecule has 6 heteroatoms. The Morgan fingerprint density at radius 3 is 2.56 bits per heavy atom.